The van der Waals surface area contributed by atoms with Gasteiger partial charge in [0.15, 0.2) is 0 Å². The summed E-state index contributed by atoms with van der Waals surface area (Å²) in [5.74, 6) is 0.449. The molecular weight excluding hydrogens is 613 g/mol. The molecule has 0 bridgehead atoms. The average Bonchev–Trinajstić information content (AvgIpc) is 3.74. The predicted octanol–water partition coefficient (Wildman–Crippen LogP) is 5.38. The fraction of sp³-hybridized carbons (Fsp3) is 0.455. The van der Waals surface area contributed by atoms with Gasteiger partial charge in [0.2, 0.25) is 5.91 Å². The number of benzene rings is 1. The Balaban J connectivity index is 1.06. The second-order valence-electron chi connectivity index (χ2n) is 12.2. The zero-order valence-electron chi connectivity index (χ0n) is 25.7. The molecule has 0 spiro atoms. The number of halogens is 3. The van der Waals surface area contributed by atoms with Gasteiger partial charge >= 0.3 is 6.18 Å². The van der Waals surface area contributed by atoms with Crippen LogP contribution in [0.15, 0.2) is 43.2 Å². The highest BCUT2D eigenvalue weighted by Crippen LogP contribution is 2.33. The lowest BCUT2D eigenvalue weighted by molar-refractivity contribution is -0.126. The number of fused-ring (bicyclic) bond motifs is 2. The first-order valence-electron chi connectivity index (χ1n) is 15.6. The molecule has 2 N–H and O–H groups in total. The number of amides is 1. The van der Waals surface area contributed by atoms with Gasteiger partial charge in [-0.1, -0.05) is 12.6 Å². The van der Waals surface area contributed by atoms with Crippen LogP contribution in [0.4, 0.5) is 19.0 Å². The largest absolute Gasteiger partial charge is 0.393 e. The number of nitriles is 1. The minimum absolute atomic E-state index is 0.122. The minimum atomic E-state index is -4.26. The van der Waals surface area contributed by atoms with E-state index in [4.69, 9.17) is 0 Å². The molecule has 0 saturated carbocycles. The quantitative estimate of drug-likeness (QED) is 0.222. The van der Waals surface area contributed by atoms with Crippen molar-refractivity contribution < 1.29 is 18.0 Å². The van der Waals surface area contributed by atoms with E-state index in [0.717, 1.165) is 80.8 Å². The molecule has 3 aromatic heterocycles. The van der Waals surface area contributed by atoms with Crippen LogP contribution in [0, 0.1) is 18.3 Å². The Morgan fingerprint density at radius 2 is 1.87 bits per heavy atom. The molecule has 242 valence electrons. The highest BCUT2D eigenvalue weighted by atomic mass is 32.1. The zero-order chi connectivity index (χ0) is 32.4. The van der Waals surface area contributed by atoms with E-state index in [0.29, 0.717) is 28.3 Å². The van der Waals surface area contributed by atoms with Crippen LogP contribution < -0.4 is 10.6 Å². The Hall–Kier alpha value is -3.99. The molecule has 0 radical (unpaired) electrons. The lowest BCUT2D eigenvalue weighted by Crippen LogP contribution is -2.39. The van der Waals surface area contributed by atoms with Gasteiger partial charge in [0.1, 0.15) is 28.7 Å². The predicted molar refractivity (Wildman–Crippen MR) is 174 cm³/mol. The summed E-state index contributed by atoms with van der Waals surface area (Å²) in [4.78, 5) is 25.7. The lowest BCUT2D eigenvalue weighted by atomic mass is 10.0. The summed E-state index contributed by atoms with van der Waals surface area (Å²) < 4.78 is 40.9. The van der Waals surface area contributed by atoms with Crippen molar-refractivity contribution >= 4 is 44.2 Å². The van der Waals surface area contributed by atoms with Crippen molar-refractivity contribution in [3.05, 3.63) is 64.9 Å². The molecule has 1 amide bonds. The number of alkyl halides is 3. The van der Waals surface area contributed by atoms with Crippen LogP contribution in [-0.2, 0) is 24.3 Å². The topological polar surface area (TPSA) is 102 Å². The molecule has 0 aliphatic carbocycles. The van der Waals surface area contributed by atoms with Gasteiger partial charge in [-0.25, -0.2) is 9.97 Å². The third-order valence-corrected chi connectivity index (χ3v) is 10.1. The second kappa shape index (κ2) is 13.4. The maximum absolute atomic E-state index is 12.9. The van der Waals surface area contributed by atoms with Crippen molar-refractivity contribution in [3.63, 3.8) is 0 Å². The smallest absolute Gasteiger partial charge is 0.367 e. The van der Waals surface area contributed by atoms with Gasteiger partial charge in [0, 0.05) is 73.7 Å². The third kappa shape index (κ3) is 7.19. The monoisotopic (exact) mass is 650 g/mol. The van der Waals surface area contributed by atoms with Crippen molar-refractivity contribution in [2.75, 3.05) is 38.0 Å². The van der Waals surface area contributed by atoms with Crippen LogP contribution >= 0.6 is 11.3 Å². The summed E-state index contributed by atoms with van der Waals surface area (Å²) in [5, 5.41) is 18.1. The van der Waals surface area contributed by atoms with E-state index in [9.17, 15) is 23.2 Å². The Morgan fingerprint density at radius 1 is 1.11 bits per heavy atom. The molecule has 2 fully saturated rings. The van der Waals surface area contributed by atoms with E-state index in [2.05, 4.69) is 66.7 Å². The summed E-state index contributed by atoms with van der Waals surface area (Å²) in [6.45, 7) is 11.4. The molecule has 1 atom stereocenters. The Bertz CT molecular complexity index is 1780. The van der Waals surface area contributed by atoms with Gasteiger partial charge in [0.25, 0.3) is 0 Å². The molecule has 13 heteroatoms. The van der Waals surface area contributed by atoms with Crippen LogP contribution in [0.25, 0.3) is 21.1 Å². The summed E-state index contributed by atoms with van der Waals surface area (Å²) in [7, 11) is 0. The first-order chi connectivity index (χ1) is 22.1. The summed E-state index contributed by atoms with van der Waals surface area (Å²) in [6, 6.07) is 10.5. The number of hydrogen-bond acceptors (Lipinski definition) is 8. The number of thiophene rings is 1. The fourth-order valence-electron chi connectivity index (χ4n) is 6.66. The first-order valence-corrected chi connectivity index (χ1v) is 16.4. The molecule has 2 aliphatic rings. The maximum atomic E-state index is 12.9. The van der Waals surface area contributed by atoms with Crippen molar-refractivity contribution in [1.29, 1.82) is 5.26 Å². The van der Waals surface area contributed by atoms with E-state index in [1.54, 1.807) is 6.07 Å². The van der Waals surface area contributed by atoms with E-state index < -0.39 is 12.6 Å². The van der Waals surface area contributed by atoms with Gasteiger partial charge in [-0.3, -0.25) is 14.6 Å². The number of piperidine rings is 1. The number of carbonyl (C=O) groups excluding carboxylic acids is 1. The van der Waals surface area contributed by atoms with Gasteiger partial charge in [0.05, 0.1) is 11.8 Å². The Kier molecular flexibility index (Phi) is 9.31. The standard InChI is InChI=1S/C33H37F3N8OS/c1-3-30(45)40-24-8-11-43(19-24)12-13-44-25(17-37)14-27-21(2)22(4-5-29(27)44)18-42-9-6-23(7-10-42)41-31-28-15-26(16-33(34,35)36)46-32(28)39-20-38-31/h3-5,14-15,20,23-24H,1,6-13,16,18-19H2,2H3,(H,40,45)(H,38,39,41)/t24-/m1/s1. The molecular formula is C33H37F3N8OS. The van der Waals surface area contributed by atoms with E-state index in [-0.39, 0.29) is 22.9 Å². The summed E-state index contributed by atoms with van der Waals surface area (Å²) in [6.07, 6.45) is 0.162. The average molecular weight is 651 g/mol. The van der Waals surface area contributed by atoms with Crippen molar-refractivity contribution in [3.8, 4) is 6.07 Å². The number of aryl methyl sites for hydroxylation is 1. The molecule has 1 aromatic carbocycles. The van der Waals surface area contributed by atoms with Crippen LogP contribution in [0.3, 0.4) is 0 Å². The number of carbonyl (C=O) groups is 1. The molecule has 2 saturated heterocycles. The Morgan fingerprint density at radius 3 is 2.61 bits per heavy atom. The molecule has 4 aromatic rings. The number of hydrogen-bond donors (Lipinski definition) is 2. The molecule has 0 unspecified atom stereocenters. The fourth-order valence-corrected chi connectivity index (χ4v) is 7.68. The first kappa shape index (κ1) is 32.0. The lowest BCUT2D eigenvalue weighted by Gasteiger charge is -2.33. The third-order valence-electron chi connectivity index (χ3n) is 9.10. The van der Waals surface area contributed by atoms with E-state index in [1.807, 2.05) is 6.07 Å². The zero-order valence-corrected chi connectivity index (χ0v) is 26.6. The number of aromatic nitrogens is 3. The normalized spacial score (nSPS) is 18.3. The van der Waals surface area contributed by atoms with Crippen molar-refractivity contribution in [2.45, 2.75) is 64.0 Å². The van der Waals surface area contributed by atoms with Crippen molar-refractivity contribution in [2.24, 2.45) is 0 Å². The van der Waals surface area contributed by atoms with Crippen LogP contribution in [0.1, 0.15) is 41.0 Å². The molecule has 5 heterocycles. The van der Waals surface area contributed by atoms with Crippen LogP contribution in [0.2, 0.25) is 0 Å². The molecule has 6 rings (SSSR count). The molecule has 9 nitrogen and oxygen atoms in total. The number of nitrogens with one attached hydrogen (secondary N) is 2. The van der Waals surface area contributed by atoms with Crippen LogP contribution in [0.5, 0.6) is 0 Å². The maximum Gasteiger partial charge on any atom is 0.393 e. The highest BCUT2D eigenvalue weighted by Gasteiger charge is 2.29. The number of likely N-dealkylation sites (tertiary alicyclic amines) is 2. The van der Waals surface area contributed by atoms with Gasteiger partial charge in [-0.2, -0.15) is 18.4 Å². The number of nitrogens with zero attached hydrogens (tertiary/aromatic N) is 6. The summed E-state index contributed by atoms with van der Waals surface area (Å²) >= 11 is 1.06. The van der Waals surface area contributed by atoms with E-state index in [1.165, 1.54) is 23.5 Å². The number of rotatable bonds is 10. The van der Waals surface area contributed by atoms with Crippen LogP contribution in [-0.4, -0.2) is 81.2 Å². The minimum Gasteiger partial charge on any atom is -0.367 e. The van der Waals surface area contributed by atoms with E-state index >= 15 is 0 Å². The second-order valence-corrected chi connectivity index (χ2v) is 13.3. The Labute approximate surface area is 269 Å². The summed E-state index contributed by atoms with van der Waals surface area (Å²) in [5.41, 5.74) is 4.11. The number of anilines is 1. The van der Waals surface area contributed by atoms with Crippen molar-refractivity contribution in [1.82, 2.24) is 29.7 Å². The molecule has 46 heavy (non-hydrogen) atoms. The van der Waals surface area contributed by atoms with Gasteiger partial charge in [-0.05, 0) is 61.6 Å². The highest BCUT2D eigenvalue weighted by molar-refractivity contribution is 7.18. The van der Waals surface area contributed by atoms with Gasteiger partial charge < -0.3 is 15.2 Å². The molecule has 2 aliphatic heterocycles. The SMILES string of the molecule is C=CC(=O)N[C@@H]1CCN(CCn2c(C#N)cc3c(C)c(CN4CCC(Nc5ncnc6sc(CC(F)(F)F)cc56)CC4)ccc32)C1. The van der Waals surface area contributed by atoms with Gasteiger partial charge in [-0.15, -0.1) is 11.3 Å².